The molecule has 0 aliphatic heterocycles. The van der Waals surface area contributed by atoms with E-state index in [4.69, 9.17) is 14.8 Å². The Morgan fingerprint density at radius 3 is 2.54 bits per heavy atom. The van der Waals surface area contributed by atoms with E-state index in [9.17, 15) is 4.79 Å². The highest BCUT2D eigenvalue weighted by Gasteiger charge is 2.13. The Bertz CT molecular complexity index is 961. The number of hydrogen-bond donors (Lipinski definition) is 1. The number of rotatable bonds is 8. The van der Waals surface area contributed by atoms with Crippen molar-refractivity contribution in [1.82, 2.24) is 9.55 Å². The third-order valence-electron chi connectivity index (χ3n) is 4.98. The molecule has 0 radical (unpaired) electrons. The maximum atomic E-state index is 10.7. The first kappa shape index (κ1) is 19.7. The molecule has 28 heavy (non-hydrogen) atoms. The maximum absolute atomic E-state index is 10.7. The number of aromatic nitrogens is 2. The van der Waals surface area contributed by atoms with Crippen molar-refractivity contribution in [3.05, 3.63) is 71.0 Å². The SMILES string of the molecule is Cc1cc(OCCc2c(C)nc(-c3ccccc3)n2C)ccc1CCC(=O)O. The van der Waals surface area contributed by atoms with Crippen LogP contribution in [0.25, 0.3) is 11.4 Å². The van der Waals surface area contributed by atoms with Gasteiger partial charge in [-0.25, -0.2) is 4.98 Å². The third-order valence-corrected chi connectivity index (χ3v) is 4.98. The molecule has 3 aromatic rings. The Balaban J connectivity index is 1.63. The molecule has 0 bridgehead atoms. The Kier molecular flexibility index (Phi) is 6.14. The van der Waals surface area contributed by atoms with Gasteiger partial charge in [0.1, 0.15) is 11.6 Å². The minimum absolute atomic E-state index is 0.143. The van der Waals surface area contributed by atoms with Gasteiger partial charge >= 0.3 is 5.97 Å². The smallest absolute Gasteiger partial charge is 0.303 e. The molecular weight excluding hydrogens is 352 g/mol. The standard InChI is InChI=1S/C23H26N2O3/c1-16-15-20(11-9-18(16)10-12-22(26)27)28-14-13-21-17(2)24-23(25(21)3)19-7-5-4-6-8-19/h4-9,11,15H,10,12-14H2,1-3H3,(H,26,27). The fourth-order valence-corrected chi connectivity index (χ4v) is 3.41. The number of nitrogens with zero attached hydrogens (tertiary/aromatic N) is 2. The van der Waals surface area contributed by atoms with Gasteiger partial charge in [0.2, 0.25) is 0 Å². The van der Waals surface area contributed by atoms with Gasteiger partial charge in [-0.3, -0.25) is 4.79 Å². The zero-order valence-electron chi connectivity index (χ0n) is 16.6. The van der Waals surface area contributed by atoms with Crippen molar-refractivity contribution in [2.75, 3.05) is 6.61 Å². The van der Waals surface area contributed by atoms with Crippen molar-refractivity contribution in [2.24, 2.45) is 7.05 Å². The van der Waals surface area contributed by atoms with Gasteiger partial charge in [0.15, 0.2) is 0 Å². The van der Waals surface area contributed by atoms with Crippen molar-refractivity contribution in [3.8, 4) is 17.1 Å². The highest BCUT2D eigenvalue weighted by molar-refractivity contribution is 5.67. The van der Waals surface area contributed by atoms with E-state index in [0.29, 0.717) is 13.0 Å². The Labute approximate surface area is 165 Å². The first-order valence-corrected chi connectivity index (χ1v) is 9.47. The molecule has 0 aliphatic carbocycles. The van der Waals surface area contributed by atoms with Crippen LogP contribution in [0.2, 0.25) is 0 Å². The average molecular weight is 378 g/mol. The minimum Gasteiger partial charge on any atom is -0.493 e. The molecule has 1 heterocycles. The van der Waals surface area contributed by atoms with E-state index in [1.54, 1.807) is 0 Å². The number of aliphatic carboxylic acids is 1. The molecule has 0 saturated carbocycles. The second-order valence-electron chi connectivity index (χ2n) is 6.97. The van der Waals surface area contributed by atoms with Crippen LogP contribution >= 0.6 is 0 Å². The zero-order chi connectivity index (χ0) is 20.1. The van der Waals surface area contributed by atoms with E-state index < -0.39 is 5.97 Å². The summed E-state index contributed by atoms with van der Waals surface area (Å²) >= 11 is 0. The van der Waals surface area contributed by atoms with Crippen LogP contribution in [0, 0.1) is 13.8 Å². The Morgan fingerprint density at radius 1 is 1.11 bits per heavy atom. The average Bonchev–Trinajstić information content (AvgIpc) is 2.96. The van der Waals surface area contributed by atoms with Gasteiger partial charge < -0.3 is 14.4 Å². The van der Waals surface area contributed by atoms with Crippen LogP contribution in [0.15, 0.2) is 48.5 Å². The van der Waals surface area contributed by atoms with E-state index in [2.05, 4.69) is 16.7 Å². The van der Waals surface area contributed by atoms with Crippen molar-refractivity contribution in [2.45, 2.75) is 33.1 Å². The summed E-state index contributed by atoms with van der Waals surface area (Å²) in [5.74, 6) is 0.993. The molecular formula is C23H26N2O3. The van der Waals surface area contributed by atoms with E-state index in [-0.39, 0.29) is 6.42 Å². The largest absolute Gasteiger partial charge is 0.493 e. The highest BCUT2D eigenvalue weighted by atomic mass is 16.5. The van der Waals surface area contributed by atoms with E-state index >= 15 is 0 Å². The summed E-state index contributed by atoms with van der Waals surface area (Å²) in [4.78, 5) is 15.5. The molecule has 0 aliphatic rings. The molecule has 5 nitrogen and oxygen atoms in total. The summed E-state index contributed by atoms with van der Waals surface area (Å²) in [6.07, 6.45) is 1.45. The first-order valence-electron chi connectivity index (χ1n) is 9.47. The lowest BCUT2D eigenvalue weighted by molar-refractivity contribution is -0.136. The summed E-state index contributed by atoms with van der Waals surface area (Å²) in [5.41, 5.74) is 5.39. The number of carboxylic acids is 1. The van der Waals surface area contributed by atoms with Gasteiger partial charge in [-0.1, -0.05) is 36.4 Å². The van der Waals surface area contributed by atoms with E-state index in [1.807, 2.05) is 57.3 Å². The molecule has 0 spiro atoms. The van der Waals surface area contributed by atoms with Crippen LogP contribution in [-0.4, -0.2) is 27.2 Å². The number of imidazole rings is 1. The molecule has 3 rings (SSSR count). The number of ether oxygens (including phenoxy) is 1. The van der Waals surface area contributed by atoms with Crippen molar-refractivity contribution < 1.29 is 14.6 Å². The number of aryl methyl sites for hydroxylation is 3. The van der Waals surface area contributed by atoms with Gasteiger partial charge in [0.05, 0.1) is 12.3 Å². The summed E-state index contributed by atoms with van der Waals surface area (Å²) in [5, 5.41) is 8.83. The normalized spacial score (nSPS) is 10.8. The van der Waals surface area contributed by atoms with Crippen LogP contribution in [0.1, 0.15) is 28.9 Å². The number of hydrogen-bond acceptors (Lipinski definition) is 3. The molecule has 0 amide bonds. The molecule has 1 aromatic heterocycles. The topological polar surface area (TPSA) is 64.4 Å². The molecule has 2 aromatic carbocycles. The van der Waals surface area contributed by atoms with E-state index in [0.717, 1.165) is 46.1 Å². The summed E-state index contributed by atoms with van der Waals surface area (Å²) in [7, 11) is 2.04. The predicted molar refractivity (Wildman–Crippen MR) is 110 cm³/mol. The van der Waals surface area contributed by atoms with Crippen molar-refractivity contribution >= 4 is 5.97 Å². The van der Waals surface area contributed by atoms with Crippen molar-refractivity contribution in [1.29, 1.82) is 0 Å². The summed E-state index contributed by atoms with van der Waals surface area (Å²) in [6.45, 7) is 4.58. The van der Waals surface area contributed by atoms with E-state index in [1.165, 1.54) is 0 Å². The third kappa shape index (κ3) is 4.60. The maximum Gasteiger partial charge on any atom is 0.303 e. The van der Waals surface area contributed by atoms with Crippen LogP contribution < -0.4 is 4.74 Å². The molecule has 146 valence electrons. The molecule has 1 N–H and O–H groups in total. The molecule has 0 atom stereocenters. The fraction of sp³-hybridized carbons (Fsp3) is 0.304. The van der Waals surface area contributed by atoms with Crippen LogP contribution in [0.5, 0.6) is 5.75 Å². The van der Waals surface area contributed by atoms with Gasteiger partial charge in [0.25, 0.3) is 0 Å². The van der Waals surface area contributed by atoms with Crippen molar-refractivity contribution in [3.63, 3.8) is 0 Å². The second kappa shape index (κ2) is 8.74. The number of carboxylic acid groups (broad SMARTS) is 1. The van der Waals surface area contributed by atoms with Gasteiger partial charge in [0, 0.05) is 31.1 Å². The van der Waals surface area contributed by atoms with Crippen LogP contribution in [0.3, 0.4) is 0 Å². The number of benzene rings is 2. The van der Waals surface area contributed by atoms with Crippen LogP contribution in [0.4, 0.5) is 0 Å². The monoisotopic (exact) mass is 378 g/mol. The lowest BCUT2D eigenvalue weighted by Gasteiger charge is -2.11. The van der Waals surface area contributed by atoms with Gasteiger partial charge in [-0.2, -0.15) is 0 Å². The van der Waals surface area contributed by atoms with Gasteiger partial charge in [-0.05, 0) is 43.5 Å². The van der Waals surface area contributed by atoms with Crippen LogP contribution in [-0.2, 0) is 24.7 Å². The minimum atomic E-state index is -0.777. The first-order chi connectivity index (χ1) is 13.5. The fourth-order valence-electron chi connectivity index (χ4n) is 3.41. The lowest BCUT2D eigenvalue weighted by Crippen LogP contribution is -2.07. The molecule has 0 saturated heterocycles. The molecule has 5 heteroatoms. The number of carbonyl (C=O) groups is 1. The Hall–Kier alpha value is -3.08. The van der Waals surface area contributed by atoms with Gasteiger partial charge in [-0.15, -0.1) is 0 Å². The summed E-state index contributed by atoms with van der Waals surface area (Å²) < 4.78 is 8.07. The highest BCUT2D eigenvalue weighted by Crippen LogP contribution is 2.22. The predicted octanol–water partition coefficient (Wildman–Crippen LogP) is 4.34. The lowest BCUT2D eigenvalue weighted by atomic mass is 10.0. The molecule has 0 unspecified atom stereocenters. The molecule has 0 fully saturated rings. The Morgan fingerprint density at radius 2 is 1.86 bits per heavy atom. The second-order valence-corrected chi connectivity index (χ2v) is 6.97. The zero-order valence-corrected chi connectivity index (χ0v) is 16.6. The summed E-state index contributed by atoms with van der Waals surface area (Å²) in [6, 6.07) is 16.0. The quantitative estimate of drug-likeness (QED) is 0.633.